The smallest absolute Gasteiger partial charge is 0.318 e. The number of ether oxygens (including phenoxy) is 1. The Morgan fingerprint density at radius 2 is 1.79 bits per heavy atom. The molecule has 28 heavy (non-hydrogen) atoms. The van der Waals surface area contributed by atoms with Crippen molar-refractivity contribution in [1.29, 1.82) is 0 Å². The van der Waals surface area contributed by atoms with Crippen LogP contribution in [0, 0.1) is 0 Å². The molecular weight excluding hydrogens is 356 g/mol. The largest absolute Gasteiger partial charge is 0.466 e. The topological polar surface area (TPSA) is 73.9 Å². The predicted molar refractivity (Wildman–Crippen MR) is 108 cm³/mol. The zero-order chi connectivity index (χ0) is 19.8. The number of nitrogens with one attached hydrogen (secondary N) is 2. The summed E-state index contributed by atoms with van der Waals surface area (Å²) in [4.78, 5) is 28.6. The van der Waals surface area contributed by atoms with Crippen molar-refractivity contribution in [2.45, 2.75) is 31.7 Å². The molecule has 0 radical (unpaired) electrons. The molecule has 3 rings (SSSR count). The van der Waals surface area contributed by atoms with Crippen molar-refractivity contribution in [2.75, 3.05) is 52.4 Å². The van der Waals surface area contributed by atoms with E-state index >= 15 is 0 Å². The zero-order valence-corrected chi connectivity index (χ0v) is 16.8. The number of urea groups is 1. The Morgan fingerprint density at radius 1 is 1.11 bits per heavy atom. The molecule has 2 fully saturated rings. The van der Waals surface area contributed by atoms with Gasteiger partial charge in [-0.2, -0.15) is 0 Å². The molecular formula is C21H32N4O3. The van der Waals surface area contributed by atoms with Gasteiger partial charge in [-0.25, -0.2) is 4.79 Å². The first-order chi connectivity index (χ1) is 13.6. The summed E-state index contributed by atoms with van der Waals surface area (Å²) >= 11 is 0. The number of piperidine rings is 1. The first kappa shape index (κ1) is 20.6. The molecule has 1 aromatic rings. The number of hydrogen-bond acceptors (Lipinski definition) is 5. The first-order valence-electron chi connectivity index (χ1n) is 10.3. The minimum atomic E-state index is -0.301. The minimum absolute atomic E-state index is 0.01000. The lowest BCUT2D eigenvalue weighted by Crippen LogP contribution is -2.58. The van der Waals surface area contributed by atoms with Crippen molar-refractivity contribution in [3.63, 3.8) is 0 Å². The van der Waals surface area contributed by atoms with Gasteiger partial charge < -0.3 is 20.3 Å². The Kier molecular flexibility index (Phi) is 7.28. The van der Waals surface area contributed by atoms with E-state index in [0.717, 1.165) is 39.0 Å². The van der Waals surface area contributed by atoms with Gasteiger partial charge in [-0.05, 0) is 38.4 Å². The molecule has 2 amide bonds. The van der Waals surface area contributed by atoms with E-state index in [2.05, 4.69) is 27.7 Å². The molecule has 2 aliphatic heterocycles. The summed E-state index contributed by atoms with van der Waals surface area (Å²) in [5, 5.41) is 6.75. The number of benzene rings is 1. The van der Waals surface area contributed by atoms with E-state index in [4.69, 9.17) is 4.74 Å². The number of rotatable bonds is 6. The Balaban J connectivity index is 1.53. The molecule has 2 heterocycles. The SMILES string of the molecule is CCOC(=O)CCN1CCN(C(=O)NC2(c3ccccc3)CCNCC2)CC1. The summed E-state index contributed by atoms with van der Waals surface area (Å²) in [7, 11) is 0. The fourth-order valence-electron chi connectivity index (χ4n) is 4.04. The third-order valence-electron chi connectivity index (χ3n) is 5.73. The normalized spacial score (nSPS) is 19.8. The second kappa shape index (κ2) is 9.89. The summed E-state index contributed by atoms with van der Waals surface area (Å²) in [5.41, 5.74) is 0.878. The van der Waals surface area contributed by atoms with E-state index in [1.165, 1.54) is 5.56 Å². The standard InChI is InChI=1S/C21H32N4O3/c1-2-28-19(26)8-13-24-14-16-25(17-15-24)20(27)23-21(9-11-22-12-10-21)18-6-4-3-5-7-18/h3-7,22H,2,8-17H2,1H3,(H,23,27). The van der Waals surface area contributed by atoms with Gasteiger partial charge in [-0.15, -0.1) is 0 Å². The molecule has 0 aromatic heterocycles. The van der Waals surface area contributed by atoms with E-state index in [1.54, 1.807) is 0 Å². The molecule has 0 atom stereocenters. The highest BCUT2D eigenvalue weighted by Crippen LogP contribution is 2.30. The maximum atomic E-state index is 13.0. The van der Waals surface area contributed by atoms with E-state index in [9.17, 15) is 9.59 Å². The van der Waals surface area contributed by atoms with Gasteiger partial charge in [-0.1, -0.05) is 30.3 Å². The number of piperazine rings is 1. The second-order valence-electron chi connectivity index (χ2n) is 7.51. The van der Waals surface area contributed by atoms with Crippen LogP contribution in [0.1, 0.15) is 31.7 Å². The van der Waals surface area contributed by atoms with Gasteiger partial charge in [-0.3, -0.25) is 9.69 Å². The van der Waals surface area contributed by atoms with Crippen molar-refractivity contribution >= 4 is 12.0 Å². The number of carbonyl (C=O) groups is 2. The van der Waals surface area contributed by atoms with Crippen molar-refractivity contribution in [2.24, 2.45) is 0 Å². The van der Waals surface area contributed by atoms with Gasteiger partial charge in [0.2, 0.25) is 0 Å². The number of amides is 2. The van der Waals surface area contributed by atoms with Crippen LogP contribution in [0.25, 0.3) is 0 Å². The first-order valence-corrected chi connectivity index (χ1v) is 10.3. The van der Waals surface area contributed by atoms with Gasteiger partial charge in [0.25, 0.3) is 0 Å². The van der Waals surface area contributed by atoms with E-state index in [0.29, 0.717) is 32.7 Å². The maximum Gasteiger partial charge on any atom is 0.318 e. The molecule has 2 N–H and O–H groups in total. The number of esters is 1. The second-order valence-corrected chi connectivity index (χ2v) is 7.51. The zero-order valence-electron chi connectivity index (χ0n) is 16.8. The van der Waals surface area contributed by atoms with Gasteiger partial charge in [0.1, 0.15) is 0 Å². The van der Waals surface area contributed by atoms with Crippen molar-refractivity contribution in [1.82, 2.24) is 20.4 Å². The molecule has 0 unspecified atom stereocenters. The van der Waals surface area contributed by atoms with Crippen LogP contribution >= 0.6 is 0 Å². The minimum Gasteiger partial charge on any atom is -0.466 e. The molecule has 7 heteroatoms. The average Bonchev–Trinajstić information content (AvgIpc) is 2.74. The van der Waals surface area contributed by atoms with Gasteiger partial charge >= 0.3 is 12.0 Å². The molecule has 2 saturated heterocycles. The van der Waals surface area contributed by atoms with Crippen LogP contribution in [0.2, 0.25) is 0 Å². The Hall–Kier alpha value is -2.12. The molecule has 1 aromatic carbocycles. The van der Waals surface area contributed by atoms with Crippen LogP contribution in [-0.2, 0) is 15.1 Å². The lowest BCUT2D eigenvalue weighted by molar-refractivity contribution is -0.143. The van der Waals surface area contributed by atoms with E-state index in [1.807, 2.05) is 30.0 Å². The summed E-state index contributed by atoms with van der Waals surface area (Å²) in [6.07, 6.45) is 2.19. The molecule has 0 aliphatic carbocycles. The summed E-state index contributed by atoms with van der Waals surface area (Å²) < 4.78 is 4.98. The fourth-order valence-corrected chi connectivity index (χ4v) is 4.04. The van der Waals surface area contributed by atoms with Gasteiger partial charge in [0.05, 0.1) is 18.6 Å². The van der Waals surface area contributed by atoms with E-state index < -0.39 is 0 Å². The number of hydrogen-bond donors (Lipinski definition) is 2. The number of carbonyl (C=O) groups excluding carboxylic acids is 2. The van der Waals surface area contributed by atoms with Gasteiger partial charge in [0.15, 0.2) is 0 Å². The van der Waals surface area contributed by atoms with Crippen molar-refractivity contribution in [3.8, 4) is 0 Å². The maximum absolute atomic E-state index is 13.0. The Morgan fingerprint density at radius 3 is 2.43 bits per heavy atom. The fraction of sp³-hybridized carbons (Fsp3) is 0.619. The third-order valence-corrected chi connectivity index (χ3v) is 5.73. The molecule has 0 saturated carbocycles. The lowest BCUT2D eigenvalue weighted by atomic mass is 9.81. The average molecular weight is 389 g/mol. The highest BCUT2D eigenvalue weighted by Gasteiger charge is 2.36. The quantitative estimate of drug-likeness (QED) is 0.724. The monoisotopic (exact) mass is 388 g/mol. The Labute approximate surface area is 167 Å². The summed E-state index contributed by atoms with van der Waals surface area (Å²) in [5.74, 6) is -0.154. The lowest BCUT2D eigenvalue weighted by Gasteiger charge is -2.42. The van der Waals surface area contributed by atoms with Crippen LogP contribution in [0.5, 0.6) is 0 Å². The number of nitrogens with zero attached hydrogens (tertiary/aromatic N) is 2. The Bertz CT molecular complexity index is 638. The highest BCUT2D eigenvalue weighted by molar-refractivity contribution is 5.75. The molecule has 7 nitrogen and oxygen atoms in total. The van der Waals surface area contributed by atoms with Crippen LogP contribution in [0.3, 0.4) is 0 Å². The van der Waals surface area contributed by atoms with Crippen molar-refractivity contribution < 1.29 is 14.3 Å². The molecule has 2 aliphatic rings. The van der Waals surface area contributed by atoms with Crippen LogP contribution in [0.4, 0.5) is 4.79 Å². The summed E-state index contributed by atoms with van der Waals surface area (Å²) in [6.45, 7) is 7.65. The van der Waals surface area contributed by atoms with Crippen molar-refractivity contribution in [3.05, 3.63) is 35.9 Å². The molecule has 0 bridgehead atoms. The van der Waals surface area contributed by atoms with Gasteiger partial charge in [0, 0.05) is 32.7 Å². The van der Waals surface area contributed by atoms with E-state index in [-0.39, 0.29) is 17.5 Å². The molecule has 154 valence electrons. The predicted octanol–water partition coefficient (Wildman–Crippen LogP) is 1.55. The molecule has 0 spiro atoms. The summed E-state index contributed by atoms with van der Waals surface area (Å²) in [6, 6.07) is 10.3. The van der Waals surface area contributed by atoms with Crippen LogP contribution < -0.4 is 10.6 Å². The third kappa shape index (κ3) is 5.23. The highest BCUT2D eigenvalue weighted by atomic mass is 16.5. The van der Waals surface area contributed by atoms with Crippen LogP contribution in [0.15, 0.2) is 30.3 Å². The van der Waals surface area contributed by atoms with Crippen LogP contribution in [-0.4, -0.2) is 74.2 Å².